The molecule has 2 rings (SSSR count). The van der Waals surface area contributed by atoms with Crippen molar-refractivity contribution in [2.24, 2.45) is 0 Å². The van der Waals surface area contributed by atoms with Gasteiger partial charge in [0.15, 0.2) is 5.75 Å². The number of rotatable bonds is 4. The van der Waals surface area contributed by atoms with Crippen molar-refractivity contribution < 1.29 is 27.8 Å². The monoisotopic (exact) mass is 325 g/mol. The molecule has 0 aliphatic carbocycles. The fourth-order valence-electron chi connectivity index (χ4n) is 1.86. The Morgan fingerprint density at radius 3 is 2.45 bits per heavy atom. The van der Waals surface area contributed by atoms with Gasteiger partial charge in [0.25, 0.3) is 10.0 Å². The van der Waals surface area contributed by atoms with E-state index in [1.54, 1.807) is 0 Å². The number of hydrogen-bond donors (Lipinski definition) is 3. The Bertz CT molecular complexity index is 848. The molecule has 0 aromatic heterocycles. The number of anilines is 1. The van der Waals surface area contributed by atoms with Crippen LogP contribution in [0.4, 0.5) is 10.1 Å². The van der Waals surface area contributed by atoms with E-state index in [9.17, 15) is 22.7 Å². The molecule has 22 heavy (non-hydrogen) atoms. The summed E-state index contributed by atoms with van der Waals surface area (Å²) in [6.07, 6.45) is 0. The van der Waals surface area contributed by atoms with Gasteiger partial charge in [-0.2, -0.15) is 0 Å². The van der Waals surface area contributed by atoms with E-state index >= 15 is 0 Å². The van der Waals surface area contributed by atoms with Gasteiger partial charge in [0.05, 0.1) is 5.69 Å². The number of nitrogens with one attached hydrogen (secondary N) is 1. The van der Waals surface area contributed by atoms with E-state index in [1.165, 1.54) is 25.1 Å². The predicted molar refractivity (Wildman–Crippen MR) is 77.0 cm³/mol. The van der Waals surface area contributed by atoms with Crippen molar-refractivity contribution in [3.05, 3.63) is 53.3 Å². The number of halogens is 1. The summed E-state index contributed by atoms with van der Waals surface area (Å²) in [6, 6.07) is 7.33. The number of carboxylic acid groups (broad SMARTS) is 1. The Labute approximate surface area is 125 Å². The normalized spacial score (nSPS) is 11.2. The van der Waals surface area contributed by atoms with Gasteiger partial charge in [-0.15, -0.1) is 0 Å². The smallest absolute Gasteiger partial charge is 0.339 e. The number of aromatic carboxylic acids is 1. The Hall–Kier alpha value is -2.61. The molecule has 3 N–H and O–H groups in total. The zero-order valence-electron chi connectivity index (χ0n) is 11.4. The number of sulfonamides is 1. The molecule has 0 radical (unpaired) electrons. The Morgan fingerprint density at radius 2 is 1.86 bits per heavy atom. The molecular formula is C14H12FNO5S. The van der Waals surface area contributed by atoms with Gasteiger partial charge in [-0.1, -0.05) is 12.1 Å². The van der Waals surface area contributed by atoms with Gasteiger partial charge >= 0.3 is 5.97 Å². The van der Waals surface area contributed by atoms with E-state index in [-0.39, 0.29) is 5.69 Å². The van der Waals surface area contributed by atoms with Gasteiger partial charge in [-0.25, -0.2) is 17.6 Å². The molecular weight excluding hydrogens is 313 g/mol. The minimum atomic E-state index is -4.35. The topological polar surface area (TPSA) is 104 Å². The average molecular weight is 325 g/mol. The highest BCUT2D eigenvalue weighted by atomic mass is 32.2. The van der Waals surface area contributed by atoms with Crippen molar-refractivity contribution in [2.45, 2.75) is 11.8 Å². The summed E-state index contributed by atoms with van der Waals surface area (Å²) in [5, 5.41) is 18.9. The molecule has 2 aromatic rings. The maximum atomic E-state index is 13.5. The minimum absolute atomic E-state index is 0.305. The molecule has 0 spiro atoms. The van der Waals surface area contributed by atoms with Gasteiger partial charge in [0.1, 0.15) is 16.3 Å². The quantitative estimate of drug-likeness (QED) is 0.800. The summed E-state index contributed by atoms with van der Waals surface area (Å²) < 4.78 is 40.1. The lowest BCUT2D eigenvalue weighted by atomic mass is 10.1. The van der Waals surface area contributed by atoms with Crippen molar-refractivity contribution in [1.82, 2.24) is 0 Å². The maximum Gasteiger partial charge on any atom is 0.339 e. The van der Waals surface area contributed by atoms with Crippen molar-refractivity contribution >= 4 is 21.7 Å². The molecule has 0 atom stereocenters. The van der Waals surface area contributed by atoms with E-state index in [0.29, 0.717) is 5.56 Å². The zero-order chi connectivity index (χ0) is 16.5. The van der Waals surface area contributed by atoms with Crippen LogP contribution in [0.2, 0.25) is 0 Å². The lowest BCUT2D eigenvalue weighted by molar-refractivity contribution is 0.0693. The molecule has 2 aromatic carbocycles. The highest BCUT2D eigenvalue weighted by Crippen LogP contribution is 2.30. The van der Waals surface area contributed by atoms with Crippen molar-refractivity contribution in [3.8, 4) is 5.75 Å². The summed E-state index contributed by atoms with van der Waals surface area (Å²) in [6.45, 7) is 1.48. The van der Waals surface area contributed by atoms with Crippen LogP contribution in [0.15, 0.2) is 41.3 Å². The van der Waals surface area contributed by atoms with Gasteiger partial charge in [0, 0.05) is 0 Å². The Morgan fingerprint density at radius 1 is 1.23 bits per heavy atom. The third-order valence-corrected chi connectivity index (χ3v) is 4.24. The third-order valence-electron chi connectivity index (χ3n) is 2.86. The molecule has 0 amide bonds. The molecule has 0 saturated carbocycles. The lowest BCUT2D eigenvalue weighted by Crippen LogP contribution is -2.15. The Balaban J connectivity index is 2.55. The van der Waals surface area contributed by atoms with E-state index in [2.05, 4.69) is 0 Å². The second-order valence-electron chi connectivity index (χ2n) is 4.55. The van der Waals surface area contributed by atoms with E-state index < -0.39 is 38.0 Å². The first-order chi connectivity index (χ1) is 10.2. The number of aryl methyl sites for hydroxylation is 1. The van der Waals surface area contributed by atoms with E-state index in [4.69, 9.17) is 5.11 Å². The SMILES string of the molecule is Cc1cc(C(=O)O)c(O)c(S(=O)(=O)Nc2ccccc2F)c1. The van der Waals surface area contributed by atoms with Crippen LogP contribution in [0.1, 0.15) is 15.9 Å². The van der Waals surface area contributed by atoms with Crippen LogP contribution in [-0.2, 0) is 10.0 Å². The van der Waals surface area contributed by atoms with Crippen molar-refractivity contribution in [3.63, 3.8) is 0 Å². The first-order valence-corrected chi connectivity index (χ1v) is 7.55. The number of carbonyl (C=O) groups is 1. The molecule has 0 heterocycles. The van der Waals surface area contributed by atoms with Gasteiger partial charge < -0.3 is 10.2 Å². The molecule has 6 nitrogen and oxygen atoms in total. The summed E-state index contributed by atoms with van der Waals surface area (Å²) in [7, 11) is -4.35. The van der Waals surface area contributed by atoms with Crippen LogP contribution in [-0.4, -0.2) is 24.6 Å². The van der Waals surface area contributed by atoms with Crippen LogP contribution in [0.5, 0.6) is 5.75 Å². The molecule has 0 bridgehead atoms. The number of phenols is 1. The standard InChI is InChI=1S/C14H12FNO5S/c1-8-6-9(14(18)19)13(17)12(7-8)22(20,21)16-11-5-3-2-4-10(11)15/h2-7,16-17H,1H3,(H,18,19). The molecule has 0 saturated heterocycles. The molecule has 0 fully saturated rings. The van der Waals surface area contributed by atoms with Crippen LogP contribution in [0.3, 0.4) is 0 Å². The van der Waals surface area contributed by atoms with Gasteiger partial charge in [-0.05, 0) is 36.8 Å². The van der Waals surface area contributed by atoms with E-state index in [1.807, 2.05) is 4.72 Å². The summed E-state index contributed by atoms with van der Waals surface area (Å²) in [5.74, 6) is -3.16. The summed E-state index contributed by atoms with van der Waals surface area (Å²) >= 11 is 0. The van der Waals surface area contributed by atoms with Gasteiger partial charge in [0.2, 0.25) is 0 Å². The fourth-order valence-corrected chi connectivity index (χ4v) is 3.13. The average Bonchev–Trinajstić information content (AvgIpc) is 2.43. The third kappa shape index (κ3) is 3.01. The number of carboxylic acids is 1. The van der Waals surface area contributed by atoms with Crippen LogP contribution in [0.25, 0.3) is 0 Å². The lowest BCUT2D eigenvalue weighted by Gasteiger charge is -2.12. The van der Waals surface area contributed by atoms with Crippen molar-refractivity contribution in [1.29, 1.82) is 0 Å². The predicted octanol–water partition coefficient (Wildman–Crippen LogP) is 2.34. The second-order valence-corrected chi connectivity index (χ2v) is 6.20. The maximum absolute atomic E-state index is 13.5. The van der Waals surface area contributed by atoms with Crippen LogP contribution >= 0.6 is 0 Å². The highest BCUT2D eigenvalue weighted by Gasteiger charge is 2.25. The number of para-hydroxylation sites is 1. The second kappa shape index (κ2) is 5.64. The van der Waals surface area contributed by atoms with Crippen molar-refractivity contribution in [2.75, 3.05) is 4.72 Å². The molecule has 0 aliphatic heterocycles. The largest absolute Gasteiger partial charge is 0.506 e. The summed E-state index contributed by atoms with van der Waals surface area (Å²) in [4.78, 5) is 10.4. The minimum Gasteiger partial charge on any atom is -0.506 e. The van der Waals surface area contributed by atoms with Crippen LogP contribution < -0.4 is 4.72 Å². The number of aromatic hydroxyl groups is 1. The Kier molecular flexibility index (Phi) is 4.05. The number of benzene rings is 2. The molecule has 8 heteroatoms. The first kappa shape index (κ1) is 15.8. The first-order valence-electron chi connectivity index (χ1n) is 6.06. The molecule has 0 unspecified atom stereocenters. The summed E-state index contributed by atoms with van der Waals surface area (Å²) in [5.41, 5.74) is -0.529. The van der Waals surface area contributed by atoms with Gasteiger partial charge in [-0.3, -0.25) is 4.72 Å². The number of hydrogen-bond acceptors (Lipinski definition) is 4. The molecule has 116 valence electrons. The zero-order valence-corrected chi connectivity index (χ0v) is 12.2. The van der Waals surface area contributed by atoms with Crippen LogP contribution in [0, 0.1) is 12.7 Å². The molecule has 0 aliphatic rings. The van der Waals surface area contributed by atoms with E-state index in [0.717, 1.165) is 18.2 Å². The highest BCUT2D eigenvalue weighted by molar-refractivity contribution is 7.92. The fraction of sp³-hybridized carbons (Fsp3) is 0.0714.